The van der Waals surface area contributed by atoms with Gasteiger partial charge >= 0.3 is 0 Å². The number of nitrogens with zero attached hydrogens (tertiary/aromatic N) is 2. The molecular weight excluding hydrogens is 264 g/mol. The first-order valence-electron chi connectivity index (χ1n) is 6.44. The van der Waals surface area contributed by atoms with E-state index in [9.17, 15) is 4.79 Å². The minimum Gasteiger partial charge on any atom is -0.388 e. The van der Waals surface area contributed by atoms with Crippen molar-refractivity contribution in [2.24, 2.45) is 10.2 Å². The van der Waals surface area contributed by atoms with Crippen LogP contribution < -0.4 is 10.6 Å². The monoisotopic (exact) mass is 280 g/mol. The molecule has 0 aromatic heterocycles. The first-order chi connectivity index (χ1) is 10.2. The Morgan fingerprint density at radius 2 is 1.43 bits per heavy atom. The number of nitrogens with one attached hydrogen (secondary N) is 2. The number of anilines is 2. The van der Waals surface area contributed by atoms with E-state index in [1.807, 2.05) is 31.3 Å². The number of azo groups is 1. The predicted octanol–water partition coefficient (Wildman–Crippen LogP) is 4.27. The van der Waals surface area contributed by atoms with E-state index in [4.69, 9.17) is 0 Å². The van der Waals surface area contributed by atoms with Crippen molar-refractivity contribution >= 4 is 28.7 Å². The highest BCUT2D eigenvalue weighted by Crippen LogP contribution is 2.21. The van der Waals surface area contributed by atoms with Gasteiger partial charge in [-0.15, -0.1) is 0 Å². The second-order valence-corrected chi connectivity index (χ2v) is 4.24. The number of amides is 1. The van der Waals surface area contributed by atoms with Crippen LogP contribution >= 0.6 is 0 Å². The van der Waals surface area contributed by atoms with Crippen molar-refractivity contribution in [1.29, 1.82) is 0 Å². The Bertz CT molecular complexity index is 645. The molecule has 0 spiro atoms. The van der Waals surface area contributed by atoms with Crippen LogP contribution in [0.1, 0.15) is 0 Å². The fourth-order valence-corrected chi connectivity index (χ4v) is 1.61. The van der Waals surface area contributed by atoms with Gasteiger partial charge in [0, 0.05) is 18.4 Å². The summed E-state index contributed by atoms with van der Waals surface area (Å²) in [6.45, 7) is 3.40. The van der Waals surface area contributed by atoms with Gasteiger partial charge in [0.1, 0.15) is 0 Å². The molecule has 0 atom stereocenters. The van der Waals surface area contributed by atoms with E-state index >= 15 is 0 Å². The lowest BCUT2D eigenvalue weighted by Crippen LogP contribution is -2.06. The Morgan fingerprint density at radius 1 is 0.952 bits per heavy atom. The van der Waals surface area contributed by atoms with Gasteiger partial charge in [-0.1, -0.05) is 6.58 Å². The van der Waals surface area contributed by atoms with Crippen LogP contribution in [0.4, 0.5) is 22.7 Å². The maximum atomic E-state index is 11.2. The maximum Gasteiger partial charge on any atom is 0.247 e. The molecule has 0 radical (unpaired) electrons. The Morgan fingerprint density at radius 3 is 1.86 bits per heavy atom. The lowest BCUT2D eigenvalue weighted by Gasteiger charge is -2.01. The van der Waals surface area contributed by atoms with E-state index in [0.717, 1.165) is 11.4 Å². The summed E-state index contributed by atoms with van der Waals surface area (Å²) in [4.78, 5) is 11.2. The van der Waals surface area contributed by atoms with E-state index in [1.165, 1.54) is 6.08 Å². The van der Waals surface area contributed by atoms with Crippen LogP contribution in [0.3, 0.4) is 0 Å². The summed E-state index contributed by atoms with van der Waals surface area (Å²) >= 11 is 0. The molecule has 0 aliphatic carbocycles. The minimum atomic E-state index is -0.242. The lowest BCUT2D eigenvalue weighted by molar-refractivity contribution is -0.111. The summed E-state index contributed by atoms with van der Waals surface area (Å²) in [6.07, 6.45) is 1.22. The normalized spacial score (nSPS) is 10.3. The van der Waals surface area contributed by atoms with Crippen LogP contribution in [0.2, 0.25) is 0 Å². The topological polar surface area (TPSA) is 65.8 Å². The number of carbonyl (C=O) groups is 1. The highest BCUT2D eigenvalue weighted by atomic mass is 16.1. The first kappa shape index (κ1) is 14.5. The third-order valence-electron chi connectivity index (χ3n) is 2.76. The van der Waals surface area contributed by atoms with Crippen LogP contribution in [-0.4, -0.2) is 13.0 Å². The SMILES string of the molecule is C=CC(=O)Nc1ccc(N=Nc2ccc(NC)cc2)cc1. The first-order valence-corrected chi connectivity index (χ1v) is 6.44. The van der Waals surface area contributed by atoms with Crippen LogP contribution in [0, 0.1) is 0 Å². The van der Waals surface area contributed by atoms with Gasteiger partial charge in [0.15, 0.2) is 0 Å². The predicted molar refractivity (Wildman–Crippen MR) is 85.4 cm³/mol. The Kier molecular flexibility index (Phi) is 4.82. The van der Waals surface area contributed by atoms with E-state index < -0.39 is 0 Å². The Balaban J connectivity index is 2.03. The molecule has 106 valence electrons. The fourth-order valence-electron chi connectivity index (χ4n) is 1.61. The quantitative estimate of drug-likeness (QED) is 0.634. The standard InChI is InChI=1S/C16H16N4O/c1-3-16(21)18-13-6-10-15(11-7-13)20-19-14-8-4-12(17-2)5-9-14/h3-11,17H,1H2,2H3,(H,18,21). The number of hydrogen-bond donors (Lipinski definition) is 2. The molecule has 0 saturated carbocycles. The van der Waals surface area contributed by atoms with Crippen LogP contribution in [0.25, 0.3) is 0 Å². The molecule has 0 aliphatic rings. The second kappa shape index (κ2) is 7.00. The van der Waals surface area contributed by atoms with Crippen LogP contribution in [-0.2, 0) is 4.79 Å². The number of benzene rings is 2. The minimum absolute atomic E-state index is 0.242. The van der Waals surface area contributed by atoms with Gasteiger partial charge in [-0.2, -0.15) is 10.2 Å². The molecule has 2 rings (SSSR count). The van der Waals surface area contributed by atoms with Crippen molar-refractivity contribution in [3.8, 4) is 0 Å². The van der Waals surface area contributed by atoms with E-state index in [1.54, 1.807) is 24.3 Å². The molecular formula is C16H16N4O. The average molecular weight is 280 g/mol. The summed E-state index contributed by atoms with van der Waals surface area (Å²) in [5, 5.41) is 14.0. The molecule has 2 aromatic carbocycles. The van der Waals surface area contributed by atoms with Crippen molar-refractivity contribution in [3.05, 3.63) is 61.2 Å². The third kappa shape index (κ3) is 4.28. The van der Waals surface area contributed by atoms with Crippen molar-refractivity contribution < 1.29 is 4.79 Å². The van der Waals surface area contributed by atoms with Crippen molar-refractivity contribution in [2.45, 2.75) is 0 Å². The molecule has 5 heteroatoms. The summed E-state index contributed by atoms with van der Waals surface area (Å²) in [5.74, 6) is -0.242. The van der Waals surface area contributed by atoms with E-state index in [0.29, 0.717) is 11.4 Å². The van der Waals surface area contributed by atoms with Gasteiger partial charge in [-0.05, 0) is 54.6 Å². The number of carbonyl (C=O) groups excluding carboxylic acids is 1. The zero-order chi connectivity index (χ0) is 15.1. The molecule has 2 aromatic rings. The van der Waals surface area contributed by atoms with Crippen molar-refractivity contribution in [2.75, 3.05) is 17.7 Å². The molecule has 0 fully saturated rings. The van der Waals surface area contributed by atoms with Gasteiger partial charge in [-0.3, -0.25) is 4.79 Å². The van der Waals surface area contributed by atoms with Crippen molar-refractivity contribution in [3.63, 3.8) is 0 Å². The molecule has 21 heavy (non-hydrogen) atoms. The summed E-state index contributed by atoms with van der Waals surface area (Å²) in [6, 6.07) is 14.7. The van der Waals surface area contributed by atoms with E-state index in [2.05, 4.69) is 27.4 Å². The van der Waals surface area contributed by atoms with Gasteiger partial charge in [0.2, 0.25) is 5.91 Å². The highest BCUT2D eigenvalue weighted by molar-refractivity contribution is 5.98. The van der Waals surface area contributed by atoms with Gasteiger partial charge in [0.25, 0.3) is 0 Å². The zero-order valence-corrected chi connectivity index (χ0v) is 11.7. The number of hydrogen-bond acceptors (Lipinski definition) is 4. The lowest BCUT2D eigenvalue weighted by atomic mass is 10.3. The fraction of sp³-hybridized carbons (Fsp3) is 0.0625. The summed E-state index contributed by atoms with van der Waals surface area (Å²) in [5.41, 5.74) is 3.20. The second-order valence-electron chi connectivity index (χ2n) is 4.24. The Labute approximate surface area is 123 Å². The van der Waals surface area contributed by atoms with Crippen LogP contribution in [0.5, 0.6) is 0 Å². The molecule has 2 N–H and O–H groups in total. The van der Waals surface area contributed by atoms with Gasteiger partial charge < -0.3 is 10.6 Å². The highest BCUT2D eigenvalue weighted by Gasteiger charge is 1.97. The van der Waals surface area contributed by atoms with Gasteiger partial charge in [-0.25, -0.2) is 0 Å². The molecule has 5 nitrogen and oxygen atoms in total. The number of rotatable bonds is 5. The molecule has 0 bridgehead atoms. The Hall–Kier alpha value is -2.95. The molecule has 1 amide bonds. The molecule has 0 unspecified atom stereocenters. The van der Waals surface area contributed by atoms with E-state index in [-0.39, 0.29) is 5.91 Å². The summed E-state index contributed by atoms with van der Waals surface area (Å²) < 4.78 is 0. The molecule has 0 saturated heterocycles. The molecule has 0 heterocycles. The van der Waals surface area contributed by atoms with Crippen LogP contribution in [0.15, 0.2) is 71.4 Å². The summed E-state index contributed by atoms with van der Waals surface area (Å²) in [7, 11) is 1.86. The van der Waals surface area contributed by atoms with Crippen molar-refractivity contribution in [1.82, 2.24) is 0 Å². The maximum absolute atomic E-state index is 11.2. The zero-order valence-electron chi connectivity index (χ0n) is 11.7. The third-order valence-corrected chi connectivity index (χ3v) is 2.76. The average Bonchev–Trinajstić information content (AvgIpc) is 2.54. The largest absolute Gasteiger partial charge is 0.388 e. The smallest absolute Gasteiger partial charge is 0.247 e. The van der Waals surface area contributed by atoms with Gasteiger partial charge in [0.05, 0.1) is 11.4 Å². The molecule has 0 aliphatic heterocycles.